The number of carbonyl (C=O) groups excluding carboxylic acids is 2. The van der Waals surface area contributed by atoms with E-state index in [0.29, 0.717) is 0 Å². The van der Waals surface area contributed by atoms with Crippen LogP contribution in [0.3, 0.4) is 0 Å². The quantitative estimate of drug-likeness (QED) is 0.607. The van der Waals surface area contributed by atoms with Crippen LogP contribution >= 0.6 is 0 Å². The summed E-state index contributed by atoms with van der Waals surface area (Å²) >= 11 is 0. The fourth-order valence-corrected chi connectivity index (χ4v) is 2.37. The van der Waals surface area contributed by atoms with Gasteiger partial charge in [0.1, 0.15) is 5.82 Å². The Morgan fingerprint density at radius 3 is 2.15 bits per heavy atom. The first-order valence-corrected chi connectivity index (χ1v) is 9.37. The van der Waals surface area contributed by atoms with Crippen molar-refractivity contribution in [3.05, 3.63) is 77.6 Å². The lowest BCUT2D eigenvalue weighted by atomic mass is 10.2. The fourth-order valence-electron chi connectivity index (χ4n) is 2.37. The maximum absolute atomic E-state index is 13.0. The lowest BCUT2D eigenvalue weighted by Gasteiger charge is -2.20. The molecule has 27 heavy (non-hydrogen) atoms. The van der Waals surface area contributed by atoms with E-state index in [1.54, 1.807) is 0 Å². The molecule has 0 fully saturated rings. The van der Waals surface area contributed by atoms with Gasteiger partial charge in [-0.25, -0.2) is 4.39 Å². The highest BCUT2D eigenvalue weighted by molar-refractivity contribution is 5.48. The molecular formula is C23H30FNO2. The van der Waals surface area contributed by atoms with Crippen LogP contribution in [-0.4, -0.2) is 24.1 Å². The molecule has 0 aliphatic rings. The van der Waals surface area contributed by atoms with Gasteiger partial charge >= 0.3 is 6.15 Å². The van der Waals surface area contributed by atoms with E-state index >= 15 is 0 Å². The second-order valence-corrected chi connectivity index (χ2v) is 5.61. The van der Waals surface area contributed by atoms with Gasteiger partial charge in [0.15, 0.2) is 0 Å². The summed E-state index contributed by atoms with van der Waals surface area (Å²) in [5, 5.41) is 0. The predicted octanol–water partition coefficient (Wildman–Crippen LogP) is 5.58. The van der Waals surface area contributed by atoms with Crippen LogP contribution in [0.2, 0.25) is 0 Å². The molecular weight excluding hydrogens is 341 g/mol. The summed E-state index contributed by atoms with van der Waals surface area (Å²) in [6.45, 7) is 9.04. The van der Waals surface area contributed by atoms with Crippen molar-refractivity contribution in [1.29, 1.82) is 0 Å². The highest BCUT2D eigenvalue weighted by Gasteiger charge is 2.04. The van der Waals surface area contributed by atoms with Crippen molar-refractivity contribution in [3.8, 4) is 0 Å². The van der Waals surface area contributed by atoms with Gasteiger partial charge in [0.25, 0.3) is 0 Å². The first-order valence-electron chi connectivity index (χ1n) is 9.37. The maximum atomic E-state index is 13.0. The third-order valence-electron chi connectivity index (χ3n) is 3.62. The van der Waals surface area contributed by atoms with E-state index in [9.17, 15) is 4.39 Å². The smallest absolute Gasteiger partial charge is 0.295 e. The average Bonchev–Trinajstić information content (AvgIpc) is 2.70. The number of rotatable bonds is 8. The van der Waals surface area contributed by atoms with Crippen LogP contribution < -0.4 is 0 Å². The van der Waals surface area contributed by atoms with Crippen LogP contribution in [0.25, 0.3) is 6.08 Å². The number of hydrogen-bond donors (Lipinski definition) is 0. The van der Waals surface area contributed by atoms with Crippen molar-refractivity contribution in [1.82, 2.24) is 4.90 Å². The molecule has 0 saturated heterocycles. The molecule has 0 N–H and O–H groups in total. The Bertz CT molecular complexity index is 648. The summed E-state index contributed by atoms with van der Waals surface area (Å²) < 4.78 is 13.0. The first kappa shape index (κ1) is 24.5. The number of halogens is 1. The van der Waals surface area contributed by atoms with Crippen molar-refractivity contribution in [2.45, 2.75) is 40.2 Å². The summed E-state index contributed by atoms with van der Waals surface area (Å²) in [5.41, 5.74) is 2.38. The van der Waals surface area contributed by atoms with Crippen LogP contribution in [-0.2, 0) is 16.1 Å². The lowest BCUT2D eigenvalue weighted by Crippen LogP contribution is -2.24. The Balaban J connectivity index is 0.00000123. The van der Waals surface area contributed by atoms with Gasteiger partial charge in [0.2, 0.25) is 0 Å². The maximum Gasteiger partial charge on any atom is 0.373 e. The van der Waals surface area contributed by atoms with Crippen molar-refractivity contribution in [3.63, 3.8) is 0 Å². The Labute approximate surface area is 162 Å². The monoisotopic (exact) mass is 371 g/mol. The van der Waals surface area contributed by atoms with Gasteiger partial charge in [-0.15, -0.1) is 0 Å². The molecule has 2 aromatic rings. The molecule has 0 spiro atoms. The minimum atomic E-state index is -0.173. The van der Waals surface area contributed by atoms with E-state index in [1.165, 1.54) is 30.5 Å². The normalized spacial score (nSPS) is 9.81. The molecule has 0 aromatic heterocycles. The van der Waals surface area contributed by atoms with Crippen LogP contribution in [0.15, 0.2) is 60.7 Å². The minimum Gasteiger partial charge on any atom is -0.295 e. The fraction of sp³-hybridized carbons (Fsp3) is 0.348. The van der Waals surface area contributed by atoms with Gasteiger partial charge in [-0.1, -0.05) is 81.8 Å². The van der Waals surface area contributed by atoms with Gasteiger partial charge in [0, 0.05) is 13.1 Å². The van der Waals surface area contributed by atoms with Crippen molar-refractivity contribution >= 4 is 12.2 Å². The van der Waals surface area contributed by atoms with Crippen LogP contribution in [0.5, 0.6) is 0 Å². The minimum absolute atomic E-state index is 0.173. The van der Waals surface area contributed by atoms with Gasteiger partial charge in [-0.05, 0) is 36.2 Å². The molecule has 3 nitrogen and oxygen atoms in total. The zero-order valence-electron chi connectivity index (χ0n) is 16.5. The largest absolute Gasteiger partial charge is 0.373 e. The van der Waals surface area contributed by atoms with Gasteiger partial charge < -0.3 is 0 Å². The molecule has 2 rings (SSSR count). The third kappa shape index (κ3) is 12.4. The average molecular weight is 371 g/mol. The van der Waals surface area contributed by atoms with Crippen LogP contribution in [0, 0.1) is 5.82 Å². The highest BCUT2D eigenvalue weighted by Crippen LogP contribution is 2.09. The number of unbranched alkanes of at least 4 members (excludes halogenated alkanes) is 1. The van der Waals surface area contributed by atoms with Crippen molar-refractivity contribution in [2.24, 2.45) is 0 Å². The summed E-state index contributed by atoms with van der Waals surface area (Å²) in [6, 6.07) is 17.1. The molecule has 0 unspecified atom stereocenters. The molecule has 0 saturated carbocycles. The van der Waals surface area contributed by atoms with E-state index in [1.807, 2.05) is 44.2 Å². The number of hydrogen-bond acceptors (Lipinski definition) is 3. The van der Waals surface area contributed by atoms with Crippen LogP contribution in [0.1, 0.15) is 44.7 Å². The number of nitrogens with zero attached hydrogens (tertiary/aromatic N) is 1. The molecule has 0 heterocycles. The molecule has 0 atom stereocenters. The molecule has 2 aromatic carbocycles. The van der Waals surface area contributed by atoms with Crippen LogP contribution in [0.4, 0.5) is 4.39 Å². The van der Waals surface area contributed by atoms with Gasteiger partial charge in [-0.2, -0.15) is 9.59 Å². The van der Waals surface area contributed by atoms with Crippen molar-refractivity contribution in [2.75, 3.05) is 13.1 Å². The molecule has 0 amide bonds. The van der Waals surface area contributed by atoms with Gasteiger partial charge in [-0.3, -0.25) is 4.90 Å². The zero-order chi connectivity index (χ0) is 20.3. The Morgan fingerprint density at radius 1 is 1.00 bits per heavy atom. The summed E-state index contributed by atoms with van der Waals surface area (Å²) in [7, 11) is 0. The topological polar surface area (TPSA) is 37.4 Å². The Hall–Kier alpha value is -2.55. The predicted molar refractivity (Wildman–Crippen MR) is 108 cm³/mol. The summed E-state index contributed by atoms with van der Waals surface area (Å²) in [6.07, 6.45) is 6.97. The molecule has 0 aliphatic heterocycles. The first-order chi connectivity index (χ1) is 13.2. The molecule has 0 radical (unpaired) electrons. The van der Waals surface area contributed by atoms with E-state index in [2.05, 4.69) is 36.1 Å². The highest BCUT2D eigenvalue weighted by atomic mass is 19.1. The molecule has 146 valence electrons. The van der Waals surface area contributed by atoms with Gasteiger partial charge in [0.05, 0.1) is 0 Å². The van der Waals surface area contributed by atoms with Crippen molar-refractivity contribution < 1.29 is 14.0 Å². The van der Waals surface area contributed by atoms with E-state index in [0.717, 1.165) is 25.2 Å². The Morgan fingerprint density at radius 2 is 1.59 bits per heavy atom. The molecule has 0 aliphatic carbocycles. The zero-order valence-corrected chi connectivity index (χ0v) is 16.5. The Kier molecular flexibility index (Phi) is 15.3. The van der Waals surface area contributed by atoms with E-state index in [-0.39, 0.29) is 12.0 Å². The summed E-state index contributed by atoms with van der Waals surface area (Å²) in [4.78, 5) is 18.6. The lowest BCUT2D eigenvalue weighted by molar-refractivity contribution is -0.191. The molecule has 0 bridgehead atoms. The second kappa shape index (κ2) is 16.9. The second-order valence-electron chi connectivity index (χ2n) is 5.61. The standard InChI is InChI=1S/C20H24FN.C2H6.CO2/c1-2-3-15-22(17-19-11-13-20(21)14-12-19)16-7-10-18-8-5-4-6-9-18;1-2;2-1-3/h4-14H,2-3,15-17H2,1H3;1-2H3;/b10-7+;;. The molecule has 4 heteroatoms. The summed E-state index contributed by atoms with van der Waals surface area (Å²) in [5.74, 6) is -0.173. The van der Waals surface area contributed by atoms with E-state index < -0.39 is 0 Å². The van der Waals surface area contributed by atoms with E-state index in [4.69, 9.17) is 9.59 Å². The third-order valence-corrected chi connectivity index (χ3v) is 3.62. The number of benzene rings is 2. The SMILES string of the molecule is CC.CCCCN(C/C=C/c1ccccc1)Cc1ccc(F)cc1.O=C=O.